The van der Waals surface area contributed by atoms with E-state index < -0.39 is 0 Å². The van der Waals surface area contributed by atoms with E-state index in [0.29, 0.717) is 5.56 Å². The molecule has 0 aliphatic heterocycles. The van der Waals surface area contributed by atoms with Crippen LogP contribution in [0.2, 0.25) is 0 Å². The second kappa shape index (κ2) is 4.75. The molecule has 17 heavy (non-hydrogen) atoms. The van der Waals surface area contributed by atoms with Crippen LogP contribution in [0.25, 0.3) is 0 Å². The number of carbonyl (C=O) groups excluding carboxylic acids is 1. The van der Waals surface area contributed by atoms with E-state index in [9.17, 15) is 9.59 Å². The monoisotopic (exact) mass is 247 g/mol. The number of aromatic nitrogens is 2. The van der Waals surface area contributed by atoms with Gasteiger partial charge < -0.3 is 10.3 Å². The summed E-state index contributed by atoms with van der Waals surface area (Å²) in [6, 6.07) is 9.92. The molecule has 86 valence electrons. The van der Waals surface area contributed by atoms with E-state index >= 15 is 0 Å². The fraction of sp³-hybridized carbons (Fsp3) is 0. The smallest absolute Gasteiger partial charge is 0.256 e. The van der Waals surface area contributed by atoms with Gasteiger partial charge in [-0.3, -0.25) is 14.6 Å². The molecule has 1 heterocycles. The van der Waals surface area contributed by atoms with E-state index in [-0.39, 0.29) is 22.1 Å². The Morgan fingerprint density at radius 1 is 1.18 bits per heavy atom. The lowest BCUT2D eigenvalue weighted by atomic mass is 10.2. The van der Waals surface area contributed by atoms with Crippen molar-refractivity contribution in [3.8, 4) is 0 Å². The van der Waals surface area contributed by atoms with Gasteiger partial charge in [-0.15, -0.1) is 0 Å². The number of hydrogen-bond donors (Lipinski definition) is 3. The first kappa shape index (κ1) is 11.3. The summed E-state index contributed by atoms with van der Waals surface area (Å²) in [6.45, 7) is 0. The third-order valence-electron chi connectivity index (χ3n) is 2.04. The Balaban J connectivity index is 2.25. The molecule has 0 saturated carbocycles. The summed E-state index contributed by atoms with van der Waals surface area (Å²) >= 11 is 4.79. The van der Waals surface area contributed by atoms with Crippen LogP contribution in [0.5, 0.6) is 0 Å². The molecular formula is C11H9N3O2S. The summed E-state index contributed by atoms with van der Waals surface area (Å²) in [5.74, 6) is -0.0329. The lowest BCUT2D eigenvalue weighted by molar-refractivity contribution is 0.102. The maximum Gasteiger partial charge on any atom is 0.256 e. The Morgan fingerprint density at radius 2 is 1.88 bits per heavy atom. The van der Waals surface area contributed by atoms with Gasteiger partial charge in [-0.2, -0.15) is 0 Å². The van der Waals surface area contributed by atoms with Crippen LogP contribution in [-0.4, -0.2) is 15.9 Å². The number of nitrogens with one attached hydrogen (secondary N) is 3. The highest BCUT2D eigenvalue weighted by atomic mass is 32.1. The van der Waals surface area contributed by atoms with Gasteiger partial charge in [-0.05, 0) is 24.4 Å². The van der Waals surface area contributed by atoms with Gasteiger partial charge in [0.2, 0.25) is 0 Å². The highest BCUT2D eigenvalue weighted by Crippen LogP contribution is 2.03. The molecule has 0 fully saturated rings. The molecule has 0 atom stereocenters. The van der Waals surface area contributed by atoms with E-state index in [2.05, 4.69) is 15.3 Å². The van der Waals surface area contributed by atoms with E-state index in [4.69, 9.17) is 12.2 Å². The predicted molar refractivity (Wildman–Crippen MR) is 66.6 cm³/mol. The van der Waals surface area contributed by atoms with Gasteiger partial charge in [0.05, 0.1) is 0 Å². The van der Waals surface area contributed by atoms with Gasteiger partial charge in [-0.25, -0.2) is 0 Å². The van der Waals surface area contributed by atoms with Crippen molar-refractivity contribution in [2.75, 3.05) is 5.32 Å². The van der Waals surface area contributed by atoms with Crippen molar-refractivity contribution in [3.05, 3.63) is 57.1 Å². The van der Waals surface area contributed by atoms with Crippen LogP contribution in [0.1, 0.15) is 10.4 Å². The zero-order chi connectivity index (χ0) is 12.3. The maximum atomic E-state index is 11.8. The van der Waals surface area contributed by atoms with Crippen molar-refractivity contribution in [1.82, 2.24) is 9.97 Å². The van der Waals surface area contributed by atoms with Crippen molar-refractivity contribution in [2.45, 2.75) is 0 Å². The quantitative estimate of drug-likeness (QED) is 0.706. The van der Waals surface area contributed by atoms with Crippen LogP contribution in [-0.2, 0) is 0 Å². The number of benzene rings is 1. The van der Waals surface area contributed by atoms with Crippen LogP contribution in [0.3, 0.4) is 0 Å². The van der Waals surface area contributed by atoms with Gasteiger partial charge in [0.15, 0.2) is 4.77 Å². The molecule has 3 N–H and O–H groups in total. The second-order valence-electron chi connectivity index (χ2n) is 3.32. The van der Waals surface area contributed by atoms with Gasteiger partial charge in [0.25, 0.3) is 11.5 Å². The summed E-state index contributed by atoms with van der Waals surface area (Å²) < 4.78 is 0.167. The first-order valence-corrected chi connectivity index (χ1v) is 5.26. The Labute approximate surface area is 102 Å². The molecule has 0 spiro atoms. The minimum Gasteiger partial charge on any atom is -0.318 e. The molecule has 5 nitrogen and oxygen atoms in total. The van der Waals surface area contributed by atoms with E-state index in [1.165, 1.54) is 6.07 Å². The standard InChI is InChI=1S/C11H9N3O2S/c15-9-6-8(13-11(17)14-9)12-10(16)7-4-2-1-3-5-7/h1-6H,(H3,12,13,14,15,16,17). The van der Waals surface area contributed by atoms with Crippen LogP contribution < -0.4 is 10.9 Å². The highest BCUT2D eigenvalue weighted by Gasteiger charge is 2.05. The number of aromatic amines is 2. The SMILES string of the molecule is O=C(Nc1cc(=O)[nH]c(=S)[nH]1)c1ccccc1. The van der Waals surface area contributed by atoms with Crippen molar-refractivity contribution in [3.63, 3.8) is 0 Å². The molecule has 1 amide bonds. The van der Waals surface area contributed by atoms with Gasteiger partial charge in [0.1, 0.15) is 5.82 Å². The van der Waals surface area contributed by atoms with Gasteiger partial charge >= 0.3 is 0 Å². The molecule has 2 rings (SSSR count). The summed E-state index contributed by atoms with van der Waals surface area (Å²) in [5, 5.41) is 2.56. The molecule has 1 aromatic carbocycles. The Morgan fingerprint density at radius 3 is 2.53 bits per heavy atom. The average Bonchev–Trinajstić information content (AvgIpc) is 2.28. The summed E-state index contributed by atoms with van der Waals surface area (Å²) in [4.78, 5) is 27.9. The molecule has 0 radical (unpaired) electrons. The second-order valence-corrected chi connectivity index (χ2v) is 3.73. The molecule has 0 aliphatic carbocycles. The number of anilines is 1. The number of H-pyrrole nitrogens is 2. The average molecular weight is 247 g/mol. The lowest BCUT2D eigenvalue weighted by Gasteiger charge is -2.04. The van der Waals surface area contributed by atoms with Crippen molar-refractivity contribution < 1.29 is 4.79 Å². The normalized spacial score (nSPS) is 9.88. The molecule has 0 saturated heterocycles. The van der Waals surface area contributed by atoms with Crippen LogP contribution >= 0.6 is 12.2 Å². The minimum atomic E-state index is -0.364. The zero-order valence-corrected chi connectivity index (χ0v) is 9.51. The van der Waals surface area contributed by atoms with E-state index in [1.54, 1.807) is 24.3 Å². The molecule has 0 bridgehead atoms. The Hall–Kier alpha value is -2.21. The molecule has 1 aromatic heterocycles. The third-order valence-corrected chi connectivity index (χ3v) is 2.25. The summed E-state index contributed by atoms with van der Waals surface area (Å²) in [5.41, 5.74) is 0.143. The molecule has 2 aromatic rings. The van der Waals surface area contributed by atoms with Crippen molar-refractivity contribution >= 4 is 23.9 Å². The molecule has 0 aliphatic rings. The highest BCUT2D eigenvalue weighted by molar-refractivity contribution is 7.71. The number of rotatable bonds is 2. The predicted octanol–water partition coefficient (Wildman–Crippen LogP) is 1.68. The molecule has 0 unspecified atom stereocenters. The number of amides is 1. The molecule has 6 heteroatoms. The fourth-order valence-corrected chi connectivity index (χ4v) is 1.53. The zero-order valence-electron chi connectivity index (χ0n) is 8.69. The number of hydrogen-bond acceptors (Lipinski definition) is 3. The minimum absolute atomic E-state index is 0.167. The first-order chi connectivity index (χ1) is 8.15. The number of carbonyl (C=O) groups is 1. The summed E-state index contributed by atoms with van der Waals surface area (Å²) in [6.07, 6.45) is 0. The van der Waals surface area contributed by atoms with Gasteiger partial charge in [-0.1, -0.05) is 18.2 Å². The van der Waals surface area contributed by atoms with Crippen molar-refractivity contribution in [2.24, 2.45) is 0 Å². The van der Waals surface area contributed by atoms with E-state index in [1.807, 2.05) is 6.07 Å². The lowest BCUT2D eigenvalue weighted by Crippen LogP contribution is -2.16. The third kappa shape index (κ3) is 2.88. The summed E-state index contributed by atoms with van der Waals surface area (Å²) in [7, 11) is 0. The van der Waals surface area contributed by atoms with Gasteiger partial charge in [0, 0.05) is 11.6 Å². The van der Waals surface area contributed by atoms with E-state index in [0.717, 1.165) is 0 Å². The van der Waals surface area contributed by atoms with Crippen LogP contribution in [0, 0.1) is 4.77 Å². The van der Waals surface area contributed by atoms with Crippen molar-refractivity contribution in [1.29, 1.82) is 0 Å². The van der Waals surface area contributed by atoms with Crippen LogP contribution in [0.15, 0.2) is 41.2 Å². The maximum absolute atomic E-state index is 11.8. The largest absolute Gasteiger partial charge is 0.318 e. The first-order valence-electron chi connectivity index (χ1n) is 4.85. The van der Waals surface area contributed by atoms with Crippen LogP contribution in [0.4, 0.5) is 5.82 Å². The molecular weight excluding hydrogens is 238 g/mol. The Kier molecular flexibility index (Phi) is 3.15. The Bertz CT molecular complexity index is 617. The fourth-order valence-electron chi connectivity index (χ4n) is 1.32. The topological polar surface area (TPSA) is 77.8 Å².